The van der Waals surface area contributed by atoms with Crippen molar-refractivity contribution in [2.45, 2.75) is 44.7 Å². The third kappa shape index (κ3) is 4.58. The maximum Gasteiger partial charge on any atom is 0.131 e. The first kappa shape index (κ1) is 15.6. The van der Waals surface area contributed by atoms with Crippen LogP contribution in [0.1, 0.15) is 37.7 Å². The minimum atomic E-state index is 0.549. The number of nitrogens with one attached hydrogen (secondary N) is 2. The Morgan fingerprint density at radius 3 is 2.52 bits per heavy atom. The van der Waals surface area contributed by atoms with E-state index in [1.807, 2.05) is 30.3 Å². The molecule has 0 amide bonds. The number of aromatic nitrogens is 2. The smallest absolute Gasteiger partial charge is 0.131 e. The number of hydrogen-bond donors (Lipinski definition) is 2. The summed E-state index contributed by atoms with van der Waals surface area (Å²) in [5.41, 5.74) is 1.19. The predicted octanol–water partition coefficient (Wildman–Crippen LogP) is 3.84. The fraction of sp³-hybridized carbons (Fsp3) is 0.444. The van der Waals surface area contributed by atoms with Crippen molar-refractivity contribution < 1.29 is 4.74 Å². The summed E-state index contributed by atoms with van der Waals surface area (Å²) in [5.74, 6) is 2.62. The van der Waals surface area contributed by atoms with Crippen LogP contribution in [0.25, 0.3) is 0 Å². The number of nitrogens with zero attached hydrogens (tertiary/aromatic N) is 2. The summed E-state index contributed by atoms with van der Waals surface area (Å²) in [6, 6.07) is 10.6. The van der Waals surface area contributed by atoms with Gasteiger partial charge in [-0.05, 0) is 30.5 Å². The summed E-state index contributed by atoms with van der Waals surface area (Å²) < 4.78 is 5.17. The van der Waals surface area contributed by atoms with Gasteiger partial charge >= 0.3 is 0 Å². The molecule has 5 heteroatoms. The first-order valence-electron chi connectivity index (χ1n) is 8.29. The van der Waals surface area contributed by atoms with Gasteiger partial charge in [0, 0.05) is 18.7 Å². The Morgan fingerprint density at radius 1 is 1.04 bits per heavy atom. The Bertz CT molecular complexity index is 609. The van der Waals surface area contributed by atoms with E-state index in [1.54, 1.807) is 13.4 Å². The molecule has 0 bridgehead atoms. The zero-order chi connectivity index (χ0) is 15.9. The maximum absolute atomic E-state index is 5.17. The summed E-state index contributed by atoms with van der Waals surface area (Å²) in [6.45, 7) is 0.726. The molecule has 2 aromatic rings. The van der Waals surface area contributed by atoms with E-state index < -0.39 is 0 Å². The molecule has 1 fully saturated rings. The van der Waals surface area contributed by atoms with Crippen LogP contribution in [0.4, 0.5) is 11.6 Å². The van der Waals surface area contributed by atoms with Gasteiger partial charge in [-0.25, -0.2) is 9.97 Å². The van der Waals surface area contributed by atoms with Crippen LogP contribution in [0.3, 0.4) is 0 Å². The number of ether oxygens (including phenoxy) is 1. The summed E-state index contributed by atoms with van der Waals surface area (Å²) in [5, 5.41) is 6.87. The van der Waals surface area contributed by atoms with Gasteiger partial charge in [-0.15, -0.1) is 0 Å². The number of methoxy groups -OCH3 is 1. The fourth-order valence-corrected chi connectivity index (χ4v) is 2.92. The summed E-state index contributed by atoms with van der Waals surface area (Å²) in [7, 11) is 1.68. The van der Waals surface area contributed by atoms with E-state index in [0.717, 1.165) is 23.9 Å². The lowest BCUT2D eigenvalue weighted by Gasteiger charge is -2.23. The average Bonchev–Trinajstić information content (AvgIpc) is 2.62. The van der Waals surface area contributed by atoms with E-state index in [-0.39, 0.29) is 0 Å². The third-order valence-corrected chi connectivity index (χ3v) is 4.26. The van der Waals surface area contributed by atoms with Gasteiger partial charge in [0.2, 0.25) is 0 Å². The van der Waals surface area contributed by atoms with Gasteiger partial charge in [0.25, 0.3) is 0 Å². The number of anilines is 2. The molecule has 0 spiro atoms. The van der Waals surface area contributed by atoms with Gasteiger partial charge in [-0.2, -0.15) is 0 Å². The molecule has 1 aliphatic carbocycles. The summed E-state index contributed by atoms with van der Waals surface area (Å²) >= 11 is 0. The van der Waals surface area contributed by atoms with Gasteiger partial charge in [0.15, 0.2) is 0 Å². The fourth-order valence-electron chi connectivity index (χ4n) is 2.92. The van der Waals surface area contributed by atoms with E-state index in [9.17, 15) is 0 Å². The highest BCUT2D eigenvalue weighted by Crippen LogP contribution is 2.21. The molecule has 0 saturated heterocycles. The van der Waals surface area contributed by atoms with E-state index >= 15 is 0 Å². The van der Waals surface area contributed by atoms with E-state index in [0.29, 0.717) is 6.04 Å². The van der Waals surface area contributed by atoms with E-state index in [1.165, 1.54) is 37.7 Å². The van der Waals surface area contributed by atoms with Crippen LogP contribution in [-0.2, 0) is 6.54 Å². The van der Waals surface area contributed by atoms with Crippen molar-refractivity contribution in [1.82, 2.24) is 9.97 Å². The minimum absolute atomic E-state index is 0.549. The molecule has 3 rings (SSSR count). The third-order valence-electron chi connectivity index (χ3n) is 4.26. The Labute approximate surface area is 137 Å². The highest BCUT2D eigenvalue weighted by atomic mass is 16.5. The Balaban J connectivity index is 1.56. The van der Waals surface area contributed by atoms with Gasteiger partial charge in [-0.1, -0.05) is 31.4 Å². The molecular formula is C18H24N4O. The van der Waals surface area contributed by atoms with Crippen molar-refractivity contribution in [3.63, 3.8) is 0 Å². The first-order valence-corrected chi connectivity index (χ1v) is 8.29. The summed E-state index contributed by atoms with van der Waals surface area (Å²) in [6.07, 6.45) is 8.06. The van der Waals surface area contributed by atoms with Crippen LogP contribution in [0.5, 0.6) is 5.75 Å². The second-order valence-electron chi connectivity index (χ2n) is 5.97. The van der Waals surface area contributed by atoms with Gasteiger partial charge in [0.05, 0.1) is 7.11 Å². The molecule has 5 nitrogen and oxygen atoms in total. The largest absolute Gasteiger partial charge is 0.497 e. The number of benzene rings is 1. The molecule has 1 saturated carbocycles. The topological polar surface area (TPSA) is 59.1 Å². The SMILES string of the molecule is COc1ccc(CNc2cc(NC3CCCCC3)ncn2)cc1. The molecule has 0 atom stereocenters. The van der Waals surface area contributed by atoms with Crippen LogP contribution in [0, 0.1) is 0 Å². The lowest BCUT2D eigenvalue weighted by atomic mass is 9.95. The van der Waals surface area contributed by atoms with E-state index in [2.05, 4.69) is 20.6 Å². The second-order valence-corrected chi connectivity index (χ2v) is 5.97. The van der Waals surface area contributed by atoms with Crippen LogP contribution < -0.4 is 15.4 Å². The zero-order valence-electron chi connectivity index (χ0n) is 13.6. The first-order chi connectivity index (χ1) is 11.3. The van der Waals surface area contributed by atoms with Gasteiger partial charge in [-0.3, -0.25) is 0 Å². The molecule has 0 aliphatic heterocycles. The number of rotatable bonds is 6. The minimum Gasteiger partial charge on any atom is -0.497 e. The van der Waals surface area contributed by atoms with Crippen molar-refractivity contribution in [1.29, 1.82) is 0 Å². The monoisotopic (exact) mass is 312 g/mol. The molecule has 23 heavy (non-hydrogen) atoms. The molecule has 1 heterocycles. The Morgan fingerprint density at radius 2 is 1.78 bits per heavy atom. The molecule has 122 valence electrons. The normalized spacial score (nSPS) is 15.2. The van der Waals surface area contributed by atoms with E-state index in [4.69, 9.17) is 4.74 Å². The lowest BCUT2D eigenvalue weighted by Crippen LogP contribution is -2.22. The van der Waals surface area contributed by atoms with Crippen molar-refractivity contribution in [2.24, 2.45) is 0 Å². The Hall–Kier alpha value is -2.30. The zero-order valence-corrected chi connectivity index (χ0v) is 13.6. The molecule has 1 aromatic carbocycles. The maximum atomic E-state index is 5.17. The van der Waals surface area contributed by atoms with Crippen LogP contribution in [0.2, 0.25) is 0 Å². The summed E-state index contributed by atoms with van der Waals surface area (Å²) in [4.78, 5) is 8.63. The predicted molar refractivity (Wildman–Crippen MR) is 92.8 cm³/mol. The van der Waals surface area contributed by atoms with Crippen molar-refractivity contribution in [3.8, 4) is 5.75 Å². The molecular weight excluding hydrogens is 288 g/mol. The van der Waals surface area contributed by atoms with Crippen molar-refractivity contribution in [2.75, 3.05) is 17.7 Å². The molecule has 2 N–H and O–H groups in total. The van der Waals surface area contributed by atoms with Crippen LogP contribution in [-0.4, -0.2) is 23.1 Å². The van der Waals surface area contributed by atoms with Crippen LogP contribution >= 0.6 is 0 Å². The molecule has 1 aliphatic rings. The van der Waals surface area contributed by atoms with Crippen molar-refractivity contribution in [3.05, 3.63) is 42.2 Å². The number of hydrogen-bond acceptors (Lipinski definition) is 5. The average molecular weight is 312 g/mol. The molecule has 0 radical (unpaired) electrons. The quantitative estimate of drug-likeness (QED) is 0.848. The molecule has 0 unspecified atom stereocenters. The van der Waals surface area contributed by atoms with Gasteiger partial charge < -0.3 is 15.4 Å². The van der Waals surface area contributed by atoms with Gasteiger partial charge in [0.1, 0.15) is 23.7 Å². The Kier molecular flexibility index (Phi) is 5.29. The molecule has 1 aromatic heterocycles. The lowest BCUT2D eigenvalue weighted by molar-refractivity contribution is 0.414. The van der Waals surface area contributed by atoms with Crippen LogP contribution in [0.15, 0.2) is 36.7 Å². The highest BCUT2D eigenvalue weighted by molar-refractivity contribution is 5.47. The standard InChI is InChI=1S/C18H24N4O/c1-23-16-9-7-14(8-10-16)12-19-17-11-18(21-13-20-17)22-15-5-3-2-4-6-15/h7-11,13,15H,2-6,12H2,1H3,(H2,19,20,21,22). The highest BCUT2D eigenvalue weighted by Gasteiger charge is 2.13. The van der Waals surface area contributed by atoms with Crippen molar-refractivity contribution >= 4 is 11.6 Å². The second kappa shape index (κ2) is 7.81.